The van der Waals surface area contributed by atoms with Gasteiger partial charge in [0.2, 0.25) is 5.90 Å². The minimum Gasteiger partial charge on any atom is -0.480 e. The lowest BCUT2D eigenvalue weighted by molar-refractivity contribution is 0.407. The van der Waals surface area contributed by atoms with Crippen molar-refractivity contribution in [1.29, 1.82) is 5.26 Å². The zero-order valence-corrected chi connectivity index (χ0v) is 11.9. The molecule has 19 heavy (non-hydrogen) atoms. The van der Waals surface area contributed by atoms with Gasteiger partial charge in [0.1, 0.15) is 11.6 Å². The highest BCUT2D eigenvalue weighted by Crippen LogP contribution is 2.30. The predicted molar refractivity (Wildman–Crippen MR) is 74.4 cm³/mol. The average Bonchev–Trinajstić information content (AvgIpc) is 2.78. The van der Waals surface area contributed by atoms with Gasteiger partial charge in [-0.3, -0.25) is 0 Å². The van der Waals surface area contributed by atoms with Gasteiger partial charge in [0.05, 0.1) is 21.7 Å². The Morgan fingerprint density at radius 3 is 2.42 bits per heavy atom. The summed E-state index contributed by atoms with van der Waals surface area (Å²) >= 11 is 0. The molecule has 7 heteroatoms. The van der Waals surface area contributed by atoms with Crippen molar-refractivity contribution in [3.05, 3.63) is 41.0 Å². The van der Waals surface area contributed by atoms with E-state index in [1.165, 1.54) is 7.11 Å². The summed E-state index contributed by atoms with van der Waals surface area (Å²) in [5.41, 5.74) is 1.90. The lowest BCUT2D eigenvalue weighted by Crippen LogP contribution is -2.01. The standard InChI is InChI=1S/C12H10N2O3S2/c1-8-3-5-9(6-4-8)11-10(7-13)12(17-2)14-18(11)19(15)16/h3-6H,1-2H3. The minimum absolute atomic E-state index is 0.0746. The summed E-state index contributed by atoms with van der Waals surface area (Å²) in [4.78, 5) is 0.396. The number of rotatable bonds is 1. The minimum atomic E-state index is -2.42. The normalized spacial score (nSPS) is 17.9. The van der Waals surface area contributed by atoms with Gasteiger partial charge in [-0.15, -0.1) is 0 Å². The molecule has 2 rings (SSSR count). The summed E-state index contributed by atoms with van der Waals surface area (Å²) in [6, 6.07) is 9.25. The maximum absolute atomic E-state index is 11.3. The molecule has 0 aliphatic carbocycles. The molecular weight excluding hydrogens is 284 g/mol. The van der Waals surface area contributed by atoms with Crippen molar-refractivity contribution in [2.45, 2.75) is 6.92 Å². The Bertz CT molecular complexity index is 758. The van der Waals surface area contributed by atoms with Crippen LogP contribution < -0.4 is 0 Å². The fourth-order valence-corrected chi connectivity index (χ4v) is 4.22. The first-order valence-corrected chi connectivity index (χ1v) is 8.04. The highest BCUT2D eigenvalue weighted by atomic mass is 32.9. The molecule has 0 N–H and O–H groups in total. The summed E-state index contributed by atoms with van der Waals surface area (Å²) in [7, 11) is -2.45. The molecule has 0 amide bonds. The largest absolute Gasteiger partial charge is 0.480 e. The smallest absolute Gasteiger partial charge is 0.266 e. The number of hydrogen-bond donors (Lipinski definition) is 0. The number of aryl methyl sites for hydroxylation is 1. The first-order chi connectivity index (χ1) is 9.08. The number of nitriles is 1. The van der Waals surface area contributed by atoms with Crippen molar-refractivity contribution >= 4 is 29.7 Å². The van der Waals surface area contributed by atoms with Gasteiger partial charge in [0.15, 0.2) is 0 Å². The van der Waals surface area contributed by atoms with Crippen LogP contribution in [-0.2, 0) is 23.6 Å². The molecule has 1 atom stereocenters. The fourth-order valence-electron chi connectivity index (χ4n) is 1.64. The Morgan fingerprint density at radius 2 is 1.95 bits per heavy atom. The summed E-state index contributed by atoms with van der Waals surface area (Å²) in [6.07, 6.45) is 0. The van der Waals surface area contributed by atoms with E-state index in [0.29, 0.717) is 10.5 Å². The summed E-state index contributed by atoms with van der Waals surface area (Å²) < 4.78 is 31.5. The van der Waals surface area contributed by atoms with Crippen LogP contribution in [0.3, 0.4) is 0 Å². The Hall–Kier alpha value is -1.91. The van der Waals surface area contributed by atoms with E-state index >= 15 is 0 Å². The van der Waals surface area contributed by atoms with E-state index < -0.39 is 18.9 Å². The van der Waals surface area contributed by atoms with E-state index in [4.69, 9.17) is 4.74 Å². The molecule has 0 bridgehead atoms. The van der Waals surface area contributed by atoms with Crippen LogP contribution in [0.4, 0.5) is 0 Å². The van der Waals surface area contributed by atoms with Gasteiger partial charge >= 0.3 is 0 Å². The summed E-state index contributed by atoms with van der Waals surface area (Å²) in [6.45, 7) is 1.93. The van der Waals surface area contributed by atoms with Crippen LogP contribution in [0.5, 0.6) is 0 Å². The van der Waals surface area contributed by atoms with Crippen LogP contribution in [0.1, 0.15) is 11.1 Å². The molecule has 1 aromatic carbocycles. The third-order valence-electron chi connectivity index (χ3n) is 2.53. The van der Waals surface area contributed by atoms with Gasteiger partial charge in [-0.2, -0.15) is 18.1 Å². The molecule has 1 aliphatic heterocycles. The fraction of sp³-hybridized carbons (Fsp3) is 0.167. The molecule has 0 spiro atoms. The molecule has 1 heterocycles. The second-order valence-corrected chi connectivity index (χ2v) is 7.00. The average molecular weight is 294 g/mol. The van der Waals surface area contributed by atoms with Crippen LogP contribution in [0.25, 0.3) is 4.91 Å². The van der Waals surface area contributed by atoms with Crippen LogP contribution in [0.15, 0.2) is 34.2 Å². The zero-order valence-electron chi connectivity index (χ0n) is 10.2. The van der Waals surface area contributed by atoms with E-state index in [-0.39, 0.29) is 11.5 Å². The van der Waals surface area contributed by atoms with Gasteiger partial charge < -0.3 is 4.74 Å². The topological polar surface area (TPSA) is 79.5 Å². The Kier molecular flexibility index (Phi) is 3.83. The molecule has 1 unspecified atom stereocenters. The maximum Gasteiger partial charge on any atom is 0.266 e. The monoisotopic (exact) mass is 294 g/mol. The zero-order chi connectivity index (χ0) is 14.0. The number of ether oxygens (including phenoxy) is 1. The van der Waals surface area contributed by atoms with Crippen LogP contribution in [0.2, 0.25) is 0 Å². The van der Waals surface area contributed by atoms with Gasteiger partial charge in [-0.25, -0.2) is 0 Å². The quantitative estimate of drug-likeness (QED) is 0.788. The van der Waals surface area contributed by atoms with Crippen LogP contribution >= 0.6 is 0 Å². The van der Waals surface area contributed by atoms with Crippen LogP contribution in [0, 0.1) is 18.3 Å². The first-order valence-electron chi connectivity index (χ1n) is 5.27. The van der Waals surface area contributed by atoms with Crippen molar-refractivity contribution in [2.24, 2.45) is 4.40 Å². The number of nitrogens with zero attached hydrogens (tertiary/aromatic N) is 2. The summed E-state index contributed by atoms with van der Waals surface area (Å²) in [5.74, 6) is 0.0746. The maximum atomic E-state index is 11.3. The van der Waals surface area contributed by atoms with Gasteiger partial charge in [0.25, 0.3) is 9.26 Å². The van der Waals surface area contributed by atoms with Crippen molar-refractivity contribution < 1.29 is 13.2 Å². The SMILES string of the molecule is COC1=NS(=S(=O)=O)C(c2ccc(C)cc2)=C1C#N. The van der Waals surface area contributed by atoms with Gasteiger partial charge in [0, 0.05) is 0 Å². The number of benzene rings is 1. The van der Waals surface area contributed by atoms with Crippen molar-refractivity contribution in [3.63, 3.8) is 0 Å². The first kappa shape index (κ1) is 13.5. The molecule has 0 radical (unpaired) electrons. The third-order valence-corrected chi connectivity index (χ3v) is 5.40. The second-order valence-electron chi connectivity index (χ2n) is 3.74. The Balaban J connectivity index is 2.75. The molecule has 1 aromatic rings. The highest BCUT2D eigenvalue weighted by molar-refractivity contribution is 8.38. The highest BCUT2D eigenvalue weighted by Gasteiger charge is 2.27. The molecule has 1 aliphatic rings. The van der Waals surface area contributed by atoms with Gasteiger partial charge in [-0.05, 0) is 12.5 Å². The molecule has 0 saturated heterocycles. The van der Waals surface area contributed by atoms with Gasteiger partial charge in [-0.1, -0.05) is 29.8 Å². The van der Waals surface area contributed by atoms with E-state index in [9.17, 15) is 13.7 Å². The van der Waals surface area contributed by atoms with E-state index in [0.717, 1.165) is 5.56 Å². The lowest BCUT2D eigenvalue weighted by Gasteiger charge is -2.03. The number of methoxy groups -OCH3 is 1. The van der Waals surface area contributed by atoms with E-state index in [1.54, 1.807) is 12.1 Å². The molecule has 5 nitrogen and oxygen atoms in total. The molecular formula is C12H10N2O3S2. The van der Waals surface area contributed by atoms with Crippen LogP contribution in [-0.4, -0.2) is 21.4 Å². The summed E-state index contributed by atoms with van der Waals surface area (Å²) in [5, 5.41) is 9.19. The Morgan fingerprint density at radius 1 is 1.32 bits per heavy atom. The van der Waals surface area contributed by atoms with Crippen molar-refractivity contribution in [1.82, 2.24) is 0 Å². The predicted octanol–water partition coefficient (Wildman–Crippen LogP) is 1.62. The molecule has 0 fully saturated rings. The second kappa shape index (κ2) is 5.38. The third kappa shape index (κ3) is 2.45. The lowest BCUT2D eigenvalue weighted by atomic mass is 10.1. The molecule has 0 aromatic heterocycles. The van der Waals surface area contributed by atoms with E-state index in [2.05, 4.69) is 4.40 Å². The molecule has 0 saturated carbocycles. The number of hydrogen-bond acceptors (Lipinski definition) is 4. The molecule has 98 valence electrons. The Labute approximate surface area is 114 Å². The van der Waals surface area contributed by atoms with Crippen molar-refractivity contribution in [2.75, 3.05) is 7.11 Å². The van der Waals surface area contributed by atoms with E-state index in [1.807, 2.05) is 25.1 Å². The van der Waals surface area contributed by atoms with Crippen molar-refractivity contribution in [3.8, 4) is 6.07 Å².